The number of para-hydroxylation sites is 1. The van der Waals surface area contributed by atoms with Crippen molar-refractivity contribution in [2.24, 2.45) is 0 Å². The molecule has 0 atom stereocenters. The van der Waals surface area contributed by atoms with Gasteiger partial charge < -0.3 is 4.90 Å². The van der Waals surface area contributed by atoms with Crippen LogP contribution in [0.25, 0.3) is 5.69 Å². The van der Waals surface area contributed by atoms with Gasteiger partial charge in [0.05, 0.1) is 11.4 Å². The minimum atomic E-state index is -0.145. The third kappa shape index (κ3) is 2.88. The zero-order valence-electron chi connectivity index (χ0n) is 11.2. The number of nitrogens with zero attached hydrogens (tertiary/aromatic N) is 4. The van der Waals surface area contributed by atoms with Gasteiger partial charge in [0.25, 0.3) is 0 Å². The number of hydrogen-bond acceptors (Lipinski definition) is 4. The molecule has 0 saturated carbocycles. The molecule has 0 unspecified atom stereocenters. The monoisotopic (exact) mass is 256 g/mol. The van der Waals surface area contributed by atoms with Gasteiger partial charge in [0.1, 0.15) is 0 Å². The molecule has 2 aromatic rings. The van der Waals surface area contributed by atoms with Crippen molar-refractivity contribution < 1.29 is 4.79 Å². The Kier molecular flexibility index (Phi) is 3.75. The predicted octanol–water partition coefficient (Wildman–Crippen LogP) is 1.83. The van der Waals surface area contributed by atoms with Gasteiger partial charge in [0, 0.05) is 26.4 Å². The van der Waals surface area contributed by atoms with Gasteiger partial charge in [-0.3, -0.25) is 4.79 Å². The van der Waals surface area contributed by atoms with Crippen molar-refractivity contribution in [2.75, 3.05) is 14.1 Å². The second-order valence-electron chi connectivity index (χ2n) is 4.41. The molecule has 0 fully saturated rings. The van der Waals surface area contributed by atoms with Crippen LogP contribution >= 0.6 is 0 Å². The summed E-state index contributed by atoms with van der Waals surface area (Å²) in [4.78, 5) is 13.8. The van der Waals surface area contributed by atoms with E-state index in [1.807, 2.05) is 51.4 Å². The van der Waals surface area contributed by atoms with Crippen LogP contribution in [0.5, 0.6) is 0 Å². The molecule has 2 rings (SSSR count). The first-order chi connectivity index (χ1) is 9.09. The molecule has 1 aromatic carbocycles. The van der Waals surface area contributed by atoms with Crippen molar-refractivity contribution in [2.45, 2.75) is 6.92 Å². The Morgan fingerprint density at radius 3 is 2.58 bits per heavy atom. The Balaban J connectivity index is 2.31. The number of carbonyl (C=O) groups is 1. The molecule has 0 N–H and O–H groups in total. The highest BCUT2D eigenvalue weighted by molar-refractivity contribution is 6.03. The van der Waals surface area contributed by atoms with Gasteiger partial charge in [0.2, 0.25) is 5.78 Å². The highest BCUT2D eigenvalue weighted by Crippen LogP contribution is 2.12. The highest BCUT2D eigenvalue weighted by Gasteiger charge is 2.14. The number of ketones is 1. The average molecular weight is 256 g/mol. The molecule has 0 bridgehead atoms. The molecule has 0 spiro atoms. The second kappa shape index (κ2) is 5.48. The van der Waals surface area contributed by atoms with Crippen LogP contribution < -0.4 is 0 Å². The van der Waals surface area contributed by atoms with Gasteiger partial charge in [0.15, 0.2) is 5.69 Å². The first kappa shape index (κ1) is 13.0. The van der Waals surface area contributed by atoms with Crippen molar-refractivity contribution in [3.05, 3.63) is 54.0 Å². The smallest absolute Gasteiger partial charge is 0.209 e. The molecule has 5 nitrogen and oxygen atoms in total. The summed E-state index contributed by atoms with van der Waals surface area (Å²) >= 11 is 0. The number of rotatable bonds is 4. The largest absolute Gasteiger partial charge is 0.383 e. The molecule has 1 aromatic heterocycles. The van der Waals surface area contributed by atoms with Crippen molar-refractivity contribution in [3.63, 3.8) is 0 Å². The fourth-order valence-corrected chi connectivity index (χ4v) is 1.67. The van der Waals surface area contributed by atoms with Crippen molar-refractivity contribution in [3.8, 4) is 5.69 Å². The highest BCUT2D eigenvalue weighted by atomic mass is 16.1. The van der Waals surface area contributed by atoms with E-state index in [1.54, 1.807) is 15.8 Å². The van der Waals surface area contributed by atoms with E-state index in [1.165, 1.54) is 6.08 Å². The standard InChI is InChI=1S/C14H16N4O/c1-11-14(13(19)9-10-17(2)3)15-16-18(11)12-7-5-4-6-8-12/h4-10H,1-3H3/b10-9+. The Labute approximate surface area is 112 Å². The first-order valence-corrected chi connectivity index (χ1v) is 5.96. The zero-order chi connectivity index (χ0) is 13.8. The number of benzene rings is 1. The summed E-state index contributed by atoms with van der Waals surface area (Å²) in [6.07, 6.45) is 3.19. The molecule has 1 heterocycles. The number of hydrogen-bond donors (Lipinski definition) is 0. The predicted molar refractivity (Wildman–Crippen MR) is 73.3 cm³/mol. The topological polar surface area (TPSA) is 51.0 Å². The summed E-state index contributed by atoms with van der Waals surface area (Å²) in [7, 11) is 3.72. The summed E-state index contributed by atoms with van der Waals surface area (Å²) in [5, 5.41) is 8.00. The Morgan fingerprint density at radius 2 is 1.95 bits per heavy atom. The molecule has 0 amide bonds. The fraction of sp³-hybridized carbons (Fsp3) is 0.214. The molecule has 98 valence electrons. The van der Waals surface area contributed by atoms with Crippen LogP contribution in [0.3, 0.4) is 0 Å². The summed E-state index contributed by atoms with van der Waals surface area (Å²) in [5.41, 5.74) is 2.00. The molecular formula is C14H16N4O. The van der Waals surface area contributed by atoms with E-state index in [0.29, 0.717) is 5.69 Å². The Bertz CT molecular complexity index is 599. The maximum atomic E-state index is 12.0. The maximum Gasteiger partial charge on any atom is 0.209 e. The quantitative estimate of drug-likeness (QED) is 0.618. The van der Waals surface area contributed by atoms with Crippen LogP contribution in [0.4, 0.5) is 0 Å². The van der Waals surface area contributed by atoms with Gasteiger partial charge >= 0.3 is 0 Å². The summed E-state index contributed by atoms with van der Waals surface area (Å²) < 4.78 is 1.66. The average Bonchev–Trinajstić information content (AvgIpc) is 2.79. The summed E-state index contributed by atoms with van der Waals surface area (Å²) in [5.74, 6) is -0.145. The van der Waals surface area contributed by atoms with Gasteiger partial charge in [-0.15, -0.1) is 5.10 Å². The first-order valence-electron chi connectivity index (χ1n) is 5.96. The number of allylic oxidation sites excluding steroid dienone is 1. The van der Waals surface area contributed by atoms with E-state index < -0.39 is 0 Å². The minimum absolute atomic E-state index is 0.145. The lowest BCUT2D eigenvalue weighted by Gasteiger charge is -2.03. The number of aromatic nitrogens is 3. The van der Waals surface area contributed by atoms with E-state index in [4.69, 9.17) is 0 Å². The van der Waals surface area contributed by atoms with E-state index in [9.17, 15) is 4.79 Å². The Hall–Kier alpha value is -2.43. The van der Waals surface area contributed by atoms with Gasteiger partial charge in [-0.2, -0.15) is 0 Å². The van der Waals surface area contributed by atoms with E-state index in [0.717, 1.165) is 11.4 Å². The lowest BCUT2D eigenvalue weighted by molar-refractivity contribution is 0.104. The molecule has 19 heavy (non-hydrogen) atoms. The summed E-state index contributed by atoms with van der Waals surface area (Å²) in [6, 6.07) is 9.62. The second-order valence-corrected chi connectivity index (χ2v) is 4.41. The van der Waals surface area contributed by atoms with Crippen molar-refractivity contribution >= 4 is 5.78 Å². The number of carbonyl (C=O) groups excluding carboxylic acids is 1. The van der Waals surface area contributed by atoms with Gasteiger partial charge in [-0.05, 0) is 19.1 Å². The Morgan fingerprint density at radius 1 is 1.26 bits per heavy atom. The van der Waals surface area contributed by atoms with Crippen LogP contribution in [-0.2, 0) is 0 Å². The maximum absolute atomic E-state index is 12.0. The third-order valence-electron chi connectivity index (χ3n) is 2.65. The van der Waals surface area contributed by atoms with Crippen LogP contribution in [0.15, 0.2) is 42.6 Å². The molecule has 0 aliphatic rings. The van der Waals surface area contributed by atoms with E-state index >= 15 is 0 Å². The third-order valence-corrected chi connectivity index (χ3v) is 2.65. The molecule has 0 aliphatic heterocycles. The molecule has 0 radical (unpaired) electrons. The van der Waals surface area contributed by atoms with E-state index in [2.05, 4.69) is 10.3 Å². The molecular weight excluding hydrogens is 240 g/mol. The SMILES string of the molecule is Cc1c(C(=O)/C=C/N(C)C)nnn1-c1ccccc1. The normalized spacial score (nSPS) is 10.9. The molecule has 0 saturated heterocycles. The van der Waals surface area contributed by atoms with Crippen LogP contribution in [-0.4, -0.2) is 39.8 Å². The van der Waals surface area contributed by atoms with Gasteiger partial charge in [-0.1, -0.05) is 23.4 Å². The zero-order valence-corrected chi connectivity index (χ0v) is 11.2. The lowest BCUT2D eigenvalue weighted by atomic mass is 10.2. The summed E-state index contributed by atoms with van der Waals surface area (Å²) in [6.45, 7) is 1.84. The fourth-order valence-electron chi connectivity index (χ4n) is 1.67. The van der Waals surface area contributed by atoms with Gasteiger partial charge in [-0.25, -0.2) is 4.68 Å². The van der Waals surface area contributed by atoms with Crippen LogP contribution in [0.2, 0.25) is 0 Å². The molecule has 5 heteroatoms. The lowest BCUT2D eigenvalue weighted by Crippen LogP contribution is -2.05. The molecule has 0 aliphatic carbocycles. The van der Waals surface area contributed by atoms with Crippen LogP contribution in [0.1, 0.15) is 16.2 Å². The van der Waals surface area contributed by atoms with Crippen molar-refractivity contribution in [1.29, 1.82) is 0 Å². The van der Waals surface area contributed by atoms with Crippen LogP contribution in [0, 0.1) is 6.92 Å². The van der Waals surface area contributed by atoms with Crippen molar-refractivity contribution in [1.82, 2.24) is 19.9 Å². The van der Waals surface area contributed by atoms with E-state index in [-0.39, 0.29) is 5.78 Å². The minimum Gasteiger partial charge on any atom is -0.383 e.